The topological polar surface area (TPSA) is 39.7 Å². The third-order valence-electron chi connectivity index (χ3n) is 5.36. The third kappa shape index (κ3) is 5.87. The highest BCUT2D eigenvalue weighted by atomic mass is 127. The zero-order chi connectivity index (χ0) is 15.1. The van der Waals surface area contributed by atoms with Crippen molar-refractivity contribution >= 4 is 29.9 Å². The number of rotatable bonds is 6. The summed E-state index contributed by atoms with van der Waals surface area (Å²) in [4.78, 5) is 7.31. The van der Waals surface area contributed by atoms with Crippen LogP contribution in [0.4, 0.5) is 0 Å². The molecule has 0 bridgehead atoms. The van der Waals surface area contributed by atoms with Gasteiger partial charge in [0.25, 0.3) is 0 Å². The first kappa shape index (κ1) is 20.0. The molecule has 2 N–H and O–H groups in total. The number of guanidine groups is 1. The molecule has 1 heterocycles. The van der Waals surface area contributed by atoms with Crippen LogP contribution in [0.25, 0.3) is 0 Å². The average molecular weight is 422 g/mol. The molecule has 1 atom stereocenters. The smallest absolute Gasteiger partial charge is 0.191 e. The van der Waals surface area contributed by atoms with Gasteiger partial charge in [0, 0.05) is 26.2 Å². The lowest BCUT2D eigenvalue weighted by molar-refractivity contribution is 0.139. The van der Waals surface area contributed by atoms with Crippen LogP contribution in [0.15, 0.2) is 4.99 Å². The van der Waals surface area contributed by atoms with Gasteiger partial charge in [0.1, 0.15) is 0 Å². The van der Waals surface area contributed by atoms with E-state index in [1.54, 1.807) is 0 Å². The fourth-order valence-corrected chi connectivity index (χ4v) is 3.57. The first-order valence-electron chi connectivity index (χ1n) is 8.88. The summed E-state index contributed by atoms with van der Waals surface area (Å²) in [5.74, 6) is 1.78. The molecule has 0 aromatic heterocycles. The number of halogens is 1. The van der Waals surface area contributed by atoms with E-state index in [2.05, 4.69) is 36.4 Å². The molecular weight excluding hydrogens is 387 g/mol. The third-order valence-corrected chi connectivity index (χ3v) is 5.36. The van der Waals surface area contributed by atoms with Crippen molar-refractivity contribution in [1.82, 2.24) is 15.5 Å². The molecule has 2 fully saturated rings. The molecule has 2 aliphatic rings. The molecule has 1 aliphatic heterocycles. The standard InChI is InChI=1S/C17H34N4.HI/c1-4-17(9-7-10-17)14-20-16(18-5-2)19-12-15-8-6-11-21(3)13-15;/h15H,4-14H2,1-3H3,(H2,18,19,20);1H. The van der Waals surface area contributed by atoms with Gasteiger partial charge in [-0.2, -0.15) is 0 Å². The van der Waals surface area contributed by atoms with Crippen LogP contribution in [0.3, 0.4) is 0 Å². The summed E-state index contributed by atoms with van der Waals surface area (Å²) in [6, 6.07) is 0. The van der Waals surface area contributed by atoms with Crippen LogP contribution in [0.2, 0.25) is 0 Å². The second-order valence-electron chi connectivity index (χ2n) is 7.05. The summed E-state index contributed by atoms with van der Waals surface area (Å²) in [5.41, 5.74) is 0.507. The summed E-state index contributed by atoms with van der Waals surface area (Å²) in [6.45, 7) is 9.90. The van der Waals surface area contributed by atoms with Gasteiger partial charge in [0.05, 0.1) is 0 Å². The quantitative estimate of drug-likeness (QED) is 0.393. The Labute approximate surface area is 153 Å². The second kappa shape index (κ2) is 9.96. The summed E-state index contributed by atoms with van der Waals surface area (Å²) in [6.07, 6.45) is 8.05. The summed E-state index contributed by atoms with van der Waals surface area (Å²) >= 11 is 0. The minimum absolute atomic E-state index is 0. The summed E-state index contributed by atoms with van der Waals surface area (Å²) in [5, 5.41) is 6.97. The van der Waals surface area contributed by atoms with Crippen LogP contribution < -0.4 is 10.6 Å². The molecule has 130 valence electrons. The van der Waals surface area contributed by atoms with Gasteiger partial charge in [0.15, 0.2) is 5.96 Å². The monoisotopic (exact) mass is 422 g/mol. The molecule has 2 rings (SSSR count). The Balaban J connectivity index is 0.00000242. The first-order chi connectivity index (χ1) is 10.2. The lowest BCUT2D eigenvalue weighted by atomic mass is 9.67. The molecular formula is C17H35IN4. The molecule has 1 aliphatic carbocycles. The first-order valence-corrected chi connectivity index (χ1v) is 8.88. The molecule has 22 heavy (non-hydrogen) atoms. The molecule has 0 spiro atoms. The zero-order valence-electron chi connectivity index (χ0n) is 14.7. The predicted octanol–water partition coefficient (Wildman–Crippen LogP) is 3.08. The van der Waals surface area contributed by atoms with Crippen molar-refractivity contribution in [2.45, 2.75) is 52.4 Å². The Morgan fingerprint density at radius 1 is 1.23 bits per heavy atom. The second-order valence-corrected chi connectivity index (χ2v) is 7.05. The Bertz CT molecular complexity index is 336. The Hall–Kier alpha value is -0.0400. The minimum Gasteiger partial charge on any atom is -0.357 e. The largest absolute Gasteiger partial charge is 0.357 e. The van der Waals surface area contributed by atoms with Crippen molar-refractivity contribution in [1.29, 1.82) is 0 Å². The normalized spacial score (nSPS) is 25.0. The average Bonchev–Trinajstić information content (AvgIpc) is 2.44. The number of piperidine rings is 1. The maximum atomic E-state index is 4.86. The van der Waals surface area contributed by atoms with E-state index in [-0.39, 0.29) is 24.0 Å². The van der Waals surface area contributed by atoms with Crippen molar-refractivity contribution < 1.29 is 0 Å². The van der Waals surface area contributed by atoms with E-state index in [1.165, 1.54) is 51.6 Å². The van der Waals surface area contributed by atoms with Crippen molar-refractivity contribution in [3.63, 3.8) is 0 Å². The fraction of sp³-hybridized carbons (Fsp3) is 0.941. The predicted molar refractivity (Wildman–Crippen MR) is 106 cm³/mol. The molecule has 1 saturated heterocycles. The summed E-state index contributed by atoms with van der Waals surface area (Å²) < 4.78 is 0. The summed E-state index contributed by atoms with van der Waals surface area (Å²) in [7, 11) is 2.23. The van der Waals surface area contributed by atoms with Gasteiger partial charge in [-0.15, -0.1) is 24.0 Å². The van der Waals surface area contributed by atoms with Crippen LogP contribution in [-0.4, -0.2) is 50.6 Å². The Morgan fingerprint density at radius 3 is 2.55 bits per heavy atom. The van der Waals surface area contributed by atoms with E-state index in [0.29, 0.717) is 5.41 Å². The molecule has 1 unspecified atom stereocenters. The van der Waals surface area contributed by atoms with E-state index in [4.69, 9.17) is 4.99 Å². The molecule has 0 aromatic rings. The number of aliphatic imine (C=N–C) groups is 1. The van der Waals surface area contributed by atoms with Gasteiger partial charge in [-0.25, -0.2) is 0 Å². The van der Waals surface area contributed by atoms with Gasteiger partial charge >= 0.3 is 0 Å². The van der Waals surface area contributed by atoms with Crippen molar-refractivity contribution in [2.75, 3.05) is 39.8 Å². The lowest BCUT2D eigenvalue weighted by Crippen LogP contribution is -2.44. The number of hydrogen-bond acceptors (Lipinski definition) is 2. The van der Waals surface area contributed by atoms with Gasteiger partial charge < -0.3 is 15.5 Å². The molecule has 1 saturated carbocycles. The lowest BCUT2D eigenvalue weighted by Gasteiger charge is -2.40. The van der Waals surface area contributed by atoms with E-state index >= 15 is 0 Å². The number of nitrogens with one attached hydrogen (secondary N) is 2. The minimum atomic E-state index is 0. The van der Waals surface area contributed by atoms with Crippen molar-refractivity contribution in [3.8, 4) is 0 Å². The maximum absolute atomic E-state index is 4.86. The highest BCUT2D eigenvalue weighted by molar-refractivity contribution is 14.0. The van der Waals surface area contributed by atoms with E-state index in [9.17, 15) is 0 Å². The molecule has 0 amide bonds. The number of hydrogen-bond donors (Lipinski definition) is 2. The van der Waals surface area contributed by atoms with Crippen LogP contribution in [0.1, 0.15) is 52.4 Å². The molecule has 0 aromatic carbocycles. The Kier molecular flexibility index (Phi) is 9.05. The molecule has 5 heteroatoms. The zero-order valence-corrected chi connectivity index (χ0v) is 17.0. The van der Waals surface area contributed by atoms with Crippen LogP contribution in [0, 0.1) is 11.3 Å². The maximum Gasteiger partial charge on any atom is 0.191 e. The van der Waals surface area contributed by atoms with Crippen LogP contribution >= 0.6 is 24.0 Å². The van der Waals surface area contributed by atoms with Gasteiger partial charge in [0.2, 0.25) is 0 Å². The van der Waals surface area contributed by atoms with Crippen molar-refractivity contribution in [2.24, 2.45) is 16.3 Å². The number of likely N-dealkylation sites (tertiary alicyclic amines) is 1. The highest BCUT2D eigenvalue weighted by Crippen LogP contribution is 2.43. The van der Waals surface area contributed by atoms with Gasteiger partial charge in [-0.3, -0.25) is 4.99 Å². The van der Waals surface area contributed by atoms with Crippen LogP contribution in [-0.2, 0) is 0 Å². The van der Waals surface area contributed by atoms with Gasteiger partial charge in [-0.1, -0.05) is 13.3 Å². The Morgan fingerprint density at radius 2 is 2.00 bits per heavy atom. The fourth-order valence-electron chi connectivity index (χ4n) is 3.57. The molecule has 0 radical (unpaired) electrons. The molecule has 4 nitrogen and oxygen atoms in total. The van der Waals surface area contributed by atoms with Crippen molar-refractivity contribution in [3.05, 3.63) is 0 Å². The van der Waals surface area contributed by atoms with E-state index in [0.717, 1.165) is 31.5 Å². The van der Waals surface area contributed by atoms with E-state index < -0.39 is 0 Å². The highest BCUT2D eigenvalue weighted by Gasteiger charge is 2.34. The SMILES string of the molecule is CCNC(=NCC1(CC)CCC1)NCC1CCCN(C)C1.I. The van der Waals surface area contributed by atoms with E-state index in [1.807, 2.05) is 0 Å². The van der Waals surface area contributed by atoms with Gasteiger partial charge in [-0.05, 0) is 64.0 Å². The van der Waals surface area contributed by atoms with Crippen LogP contribution in [0.5, 0.6) is 0 Å². The number of nitrogens with zero attached hydrogens (tertiary/aromatic N) is 2.